The lowest BCUT2D eigenvalue weighted by molar-refractivity contribution is -0.142. The molecular weight excluding hydrogens is 280 g/mol. The zero-order chi connectivity index (χ0) is 15.5. The third kappa shape index (κ3) is 2.70. The Morgan fingerprint density at radius 3 is 2.64 bits per heavy atom. The van der Waals surface area contributed by atoms with Crippen molar-refractivity contribution in [3.8, 4) is 0 Å². The summed E-state index contributed by atoms with van der Waals surface area (Å²) in [6, 6.07) is 12.7. The zero-order valence-electron chi connectivity index (χ0n) is 11.9. The summed E-state index contributed by atoms with van der Waals surface area (Å²) in [5.41, 5.74) is 1.74. The number of benzene rings is 1. The van der Waals surface area contributed by atoms with E-state index in [4.69, 9.17) is 0 Å². The van der Waals surface area contributed by atoms with Crippen molar-refractivity contribution in [1.29, 1.82) is 0 Å². The molecule has 1 aliphatic heterocycles. The number of carboxylic acids is 1. The van der Waals surface area contributed by atoms with Gasteiger partial charge in [0, 0.05) is 25.4 Å². The number of carbonyl (C=O) groups excluding carboxylic acids is 1. The van der Waals surface area contributed by atoms with E-state index in [0.717, 1.165) is 11.1 Å². The minimum Gasteiger partial charge on any atom is -0.481 e. The number of pyridine rings is 1. The lowest BCUT2D eigenvalue weighted by atomic mass is 9.94. The Morgan fingerprint density at radius 2 is 2.00 bits per heavy atom. The van der Waals surface area contributed by atoms with Crippen molar-refractivity contribution >= 4 is 11.9 Å². The van der Waals surface area contributed by atoms with Gasteiger partial charge in [-0.15, -0.1) is 0 Å². The molecule has 3 rings (SSSR count). The average Bonchev–Trinajstić information content (AvgIpc) is 2.86. The number of aliphatic carboxylic acids is 1. The maximum Gasteiger partial charge on any atom is 0.309 e. The van der Waals surface area contributed by atoms with Crippen molar-refractivity contribution in [3.63, 3.8) is 0 Å². The molecule has 2 heterocycles. The number of carboxylic acid groups (broad SMARTS) is 1. The van der Waals surface area contributed by atoms with Gasteiger partial charge in [0.25, 0.3) is 0 Å². The number of aromatic nitrogens is 1. The van der Waals surface area contributed by atoms with E-state index in [1.165, 1.54) is 0 Å². The number of carbonyl (C=O) groups is 2. The summed E-state index contributed by atoms with van der Waals surface area (Å²) in [7, 11) is 0. The summed E-state index contributed by atoms with van der Waals surface area (Å²) < 4.78 is 0. The van der Waals surface area contributed by atoms with E-state index >= 15 is 0 Å². The maximum absolute atomic E-state index is 12.3. The summed E-state index contributed by atoms with van der Waals surface area (Å²) in [6.07, 6.45) is 3.30. The molecule has 0 spiro atoms. The van der Waals surface area contributed by atoms with Crippen LogP contribution in [0.3, 0.4) is 0 Å². The van der Waals surface area contributed by atoms with Crippen LogP contribution in [0.4, 0.5) is 0 Å². The molecule has 2 atom stereocenters. The van der Waals surface area contributed by atoms with Gasteiger partial charge in [0.2, 0.25) is 5.91 Å². The highest BCUT2D eigenvalue weighted by molar-refractivity contribution is 5.87. The molecule has 1 fully saturated rings. The molecule has 1 saturated heterocycles. The van der Waals surface area contributed by atoms with Crippen molar-refractivity contribution in [1.82, 2.24) is 9.88 Å². The average molecular weight is 296 g/mol. The highest BCUT2D eigenvalue weighted by Crippen LogP contribution is 2.38. The van der Waals surface area contributed by atoms with Gasteiger partial charge >= 0.3 is 5.97 Å². The van der Waals surface area contributed by atoms with Crippen molar-refractivity contribution in [2.45, 2.75) is 19.0 Å². The van der Waals surface area contributed by atoms with E-state index in [9.17, 15) is 14.7 Å². The van der Waals surface area contributed by atoms with E-state index in [-0.39, 0.29) is 12.3 Å². The fraction of sp³-hybridized carbons (Fsp3) is 0.235. The Kier molecular flexibility index (Phi) is 3.87. The van der Waals surface area contributed by atoms with Crippen LogP contribution in [0.25, 0.3) is 0 Å². The SMILES string of the molecule is O=C(O)[C@@H]1CC(=O)N(Cc2ccccc2)[C@H]1c1cccnc1. The third-order valence-corrected chi connectivity index (χ3v) is 3.97. The molecule has 5 nitrogen and oxygen atoms in total. The molecule has 2 aromatic rings. The van der Waals surface area contributed by atoms with Gasteiger partial charge in [-0.1, -0.05) is 36.4 Å². The standard InChI is InChI=1S/C17H16N2O3/c20-15-9-14(17(21)22)16(13-7-4-8-18-10-13)19(15)11-12-5-2-1-3-6-12/h1-8,10,14,16H,9,11H2,(H,21,22)/t14-,16+/m1/s1. The topological polar surface area (TPSA) is 70.5 Å². The minimum absolute atomic E-state index is 0.0295. The molecule has 1 aliphatic rings. The second-order valence-corrected chi connectivity index (χ2v) is 5.39. The van der Waals surface area contributed by atoms with Crippen LogP contribution in [0.1, 0.15) is 23.6 Å². The zero-order valence-corrected chi connectivity index (χ0v) is 11.9. The van der Waals surface area contributed by atoms with Crippen molar-refractivity contribution < 1.29 is 14.7 Å². The summed E-state index contributed by atoms with van der Waals surface area (Å²) >= 11 is 0. The fourth-order valence-corrected chi connectivity index (χ4v) is 2.94. The molecule has 5 heteroatoms. The van der Waals surface area contributed by atoms with Gasteiger partial charge in [-0.05, 0) is 17.2 Å². The molecule has 0 saturated carbocycles. The first-order valence-electron chi connectivity index (χ1n) is 7.13. The van der Waals surface area contributed by atoms with Crippen molar-refractivity contribution in [3.05, 3.63) is 66.0 Å². The van der Waals surface area contributed by atoms with Gasteiger partial charge in [0.05, 0.1) is 12.0 Å². The largest absolute Gasteiger partial charge is 0.481 e. The second-order valence-electron chi connectivity index (χ2n) is 5.39. The highest BCUT2D eigenvalue weighted by atomic mass is 16.4. The molecule has 1 aromatic carbocycles. The fourth-order valence-electron chi connectivity index (χ4n) is 2.94. The van der Waals surface area contributed by atoms with Crippen LogP contribution in [0.15, 0.2) is 54.9 Å². The lowest BCUT2D eigenvalue weighted by Gasteiger charge is -2.27. The first-order chi connectivity index (χ1) is 10.7. The van der Waals surface area contributed by atoms with Gasteiger partial charge in [-0.25, -0.2) is 0 Å². The molecule has 0 bridgehead atoms. The normalized spacial score (nSPS) is 21.1. The van der Waals surface area contributed by atoms with Gasteiger partial charge in [0.15, 0.2) is 0 Å². The molecule has 0 aliphatic carbocycles. The van der Waals surface area contributed by atoms with Crippen molar-refractivity contribution in [2.24, 2.45) is 5.92 Å². The molecule has 1 amide bonds. The van der Waals surface area contributed by atoms with Gasteiger partial charge < -0.3 is 10.0 Å². The van der Waals surface area contributed by atoms with Gasteiger partial charge in [-0.2, -0.15) is 0 Å². The van der Waals surface area contributed by atoms with Crippen LogP contribution in [0.5, 0.6) is 0 Å². The summed E-state index contributed by atoms with van der Waals surface area (Å²) in [5, 5.41) is 9.45. The number of rotatable bonds is 4. The number of amides is 1. The third-order valence-electron chi connectivity index (χ3n) is 3.97. The first kappa shape index (κ1) is 14.3. The van der Waals surface area contributed by atoms with E-state index in [0.29, 0.717) is 6.54 Å². The first-order valence-corrected chi connectivity index (χ1v) is 7.13. The molecular formula is C17H16N2O3. The van der Waals surface area contributed by atoms with Crippen LogP contribution in [-0.4, -0.2) is 26.9 Å². The summed E-state index contributed by atoms with van der Waals surface area (Å²) in [5.74, 6) is -1.82. The Morgan fingerprint density at radius 1 is 1.23 bits per heavy atom. The molecule has 0 unspecified atom stereocenters. The minimum atomic E-state index is -0.947. The quantitative estimate of drug-likeness (QED) is 0.939. The molecule has 1 N–H and O–H groups in total. The van der Waals surface area contributed by atoms with Gasteiger partial charge in [-0.3, -0.25) is 14.6 Å². The number of hydrogen-bond acceptors (Lipinski definition) is 3. The second kappa shape index (κ2) is 5.97. The van der Waals surface area contributed by atoms with Crippen LogP contribution in [0.2, 0.25) is 0 Å². The molecule has 112 valence electrons. The molecule has 1 aromatic heterocycles. The predicted octanol–water partition coefficient (Wildman–Crippen LogP) is 2.26. The Labute approximate surface area is 128 Å². The predicted molar refractivity (Wildman–Crippen MR) is 79.7 cm³/mol. The van der Waals surface area contributed by atoms with E-state index in [1.54, 1.807) is 23.4 Å². The lowest BCUT2D eigenvalue weighted by Crippen LogP contribution is -2.30. The van der Waals surface area contributed by atoms with E-state index in [1.807, 2.05) is 36.4 Å². The number of hydrogen-bond donors (Lipinski definition) is 1. The van der Waals surface area contributed by atoms with Crippen molar-refractivity contribution in [2.75, 3.05) is 0 Å². The molecule has 22 heavy (non-hydrogen) atoms. The number of likely N-dealkylation sites (tertiary alicyclic amines) is 1. The highest BCUT2D eigenvalue weighted by Gasteiger charge is 2.44. The van der Waals surface area contributed by atoms with Crippen LogP contribution in [0, 0.1) is 5.92 Å². The maximum atomic E-state index is 12.3. The van der Waals surface area contributed by atoms with Gasteiger partial charge in [0.1, 0.15) is 0 Å². The Bertz CT molecular complexity index is 673. The smallest absolute Gasteiger partial charge is 0.309 e. The van der Waals surface area contributed by atoms with E-state index in [2.05, 4.69) is 4.98 Å². The van der Waals surface area contributed by atoms with Crippen LogP contribution < -0.4 is 0 Å². The van der Waals surface area contributed by atoms with Crippen LogP contribution >= 0.6 is 0 Å². The summed E-state index contributed by atoms with van der Waals surface area (Å²) in [4.78, 5) is 29.6. The van der Waals surface area contributed by atoms with Crippen LogP contribution in [-0.2, 0) is 16.1 Å². The monoisotopic (exact) mass is 296 g/mol. The Balaban J connectivity index is 1.95. The summed E-state index contributed by atoms with van der Waals surface area (Å²) in [6.45, 7) is 0.406. The number of nitrogens with zero attached hydrogens (tertiary/aromatic N) is 2. The molecule has 0 radical (unpaired) electrons. The van der Waals surface area contributed by atoms with E-state index < -0.39 is 17.9 Å². The Hall–Kier alpha value is -2.69.